The summed E-state index contributed by atoms with van der Waals surface area (Å²) in [5.41, 5.74) is -1.07. The van der Waals surface area contributed by atoms with Gasteiger partial charge < -0.3 is 15.3 Å². The molecule has 0 amide bonds. The molecule has 0 aromatic heterocycles. The van der Waals surface area contributed by atoms with E-state index in [1.165, 1.54) is 0 Å². The molecule has 0 bridgehead atoms. The van der Waals surface area contributed by atoms with E-state index < -0.39 is 35.5 Å². The van der Waals surface area contributed by atoms with E-state index in [9.17, 15) is 14.4 Å². The summed E-state index contributed by atoms with van der Waals surface area (Å²) in [5, 5.41) is 25.1. The van der Waals surface area contributed by atoms with Gasteiger partial charge in [-0.3, -0.25) is 4.79 Å². The van der Waals surface area contributed by atoms with Gasteiger partial charge in [-0.2, -0.15) is 0 Å². The van der Waals surface area contributed by atoms with Crippen molar-refractivity contribution in [3.8, 4) is 0 Å². The highest BCUT2D eigenvalue weighted by atomic mass is 16.4. The second kappa shape index (κ2) is 4.24. The van der Waals surface area contributed by atoms with Gasteiger partial charge >= 0.3 is 17.9 Å². The van der Waals surface area contributed by atoms with Crippen molar-refractivity contribution in [3.63, 3.8) is 0 Å². The summed E-state index contributed by atoms with van der Waals surface area (Å²) < 4.78 is 0. The molecule has 0 aromatic carbocycles. The maximum atomic E-state index is 10.4. The third kappa shape index (κ3) is 3.37. The molecule has 0 aliphatic carbocycles. The van der Waals surface area contributed by atoms with Crippen molar-refractivity contribution in [1.82, 2.24) is 0 Å². The van der Waals surface area contributed by atoms with Crippen molar-refractivity contribution >= 4 is 17.9 Å². The molecule has 0 aliphatic heterocycles. The van der Waals surface area contributed by atoms with Crippen LogP contribution in [0.15, 0.2) is 11.1 Å². The van der Waals surface area contributed by atoms with Crippen LogP contribution in [0.1, 0.15) is 13.3 Å². The maximum absolute atomic E-state index is 10.4. The Bertz CT molecular complexity index is 287. The van der Waals surface area contributed by atoms with E-state index in [1.54, 1.807) is 0 Å². The van der Waals surface area contributed by atoms with Gasteiger partial charge in [0.1, 0.15) is 0 Å². The second-order valence-corrected chi connectivity index (χ2v) is 2.28. The molecule has 0 atom stereocenters. The number of carboxylic acids is 3. The van der Waals surface area contributed by atoms with Crippen molar-refractivity contribution in [3.05, 3.63) is 11.1 Å². The standard InChI is InChI=1S/C7H8O6/c1-3(6(10)11)4(7(12)13)2-5(8)9/h2H2,1H3,(H,8,9)(H,10,11)(H,12,13)/b4-3+. The summed E-state index contributed by atoms with van der Waals surface area (Å²) in [4.78, 5) is 30.9. The third-order valence-corrected chi connectivity index (χ3v) is 1.36. The molecule has 6 nitrogen and oxygen atoms in total. The predicted molar refractivity (Wildman–Crippen MR) is 40.2 cm³/mol. The Hall–Kier alpha value is -1.85. The fourth-order valence-electron chi connectivity index (χ4n) is 0.649. The van der Waals surface area contributed by atoms with E-state index in [4.69, 9.17) is 15.3 Å². The fraction of sp³-hybridized carbons (Fsp3) is 0.286. The fourth-order valence-corrected chi connectivity index (χ4v) is 0.649. The zero-order chi connectivity index (χ0) is 10.6. The lowest BCUT2D eigenvalue weighted by Gasteiger charge is -2.00. The van der Waals surface area contributed by atoms with Crippen molar-refractivity contribution in [1.29, 1.82) is 0 Å². The third-order valence-electron chi connectivity index (χ3n) is 1.36. The lowest BCUT2D eigenvalue weighted by Crippen LogP contribution is -2.12. The zero-order valence-corrected chi connectivity index (χ0v) is 6.77. The number of carbonyl (C=O) groups is 3. The first-order valence-corrected chi connectivity index (χ1v) is 3.24. The Kier molecular flexibility index (Phi) is 3.64. The number of carboxylic acid groups (broad SMARTS) is 3. The largest absolute Gasteiger partial charge is 0.481 e. The zero-order valence-electron chi connectivity index (χ0n) is 6.77. The van der Waals surface area contributed by atoms with Crippen LogP contribution < -0.4 is 0 Å². The van der Waals surface area contributed by atoms with Crippen LogP contribution in [0.3, 0.4) is 0 Å². The summed E-state index contributed by atoms with van der Waals surface area (Å²) >= 11 is 0. The van der Waals surface area contributed by atoms with Crippen LogP contribution in [0.4, 0.5) is 0 Å². The lowest BCUT2D eigenvalue weighted by atomic mass is 10.1. The molecule has 0 fully saturated rings. The topological polar surface area (TPSA) is 112 Å². The van der Waals surface area contributed by atoms with E-state index in [0.717, 1.165) is 6.92 Å². The number of hydrogen-bond acceptors (Lipinski definition) is 3. The van der Waals surface area contributed by atoms with E-state index >= 15 is 0 Å². The summed E-state index contributed by atoms with van der Waals surface area (Å²) in [7, 11) is 0. The van der Waals surface area contributed by atoms with Crippen molar-refractivity contribution in [2.45, 2.75) is 13.3 Å². The van der Waals surface area contributed by atoms with Crippen molar-refractivity contribution in [2.75, 3.05) is 0 Å². The number of hydrogen-bond donors (Lipinski definition) is 3. The van der Waals surface area contributed by atoms with Crippen molar-refractivity contribution < 1.29 is 29.7 Å². The molecule has 0 aromatic rings. The normalized spacial score (nSPS) is 11.8. The molecule has 0 radical (unpaired) electrons. The van der Waals surface area contributed by atoms with E-state index in [0.29, 0.717) is 0 Å². The number of rotatable bonds is 4. The molecule has 13 heavy (non-hydrogen) atoms. The molecular weight excluding hydrogens is 180 g/mol. The van der Waals surface area contributed by atoms with Gasteiger partial charge in [-0.15, -0.1) is 0 Å². The first kappa shape index (κ1) is 11.2. The lowest BCUT2D eigenvalue weighted by molar-refractivity contribution is -0.140. The van der Waals surface area contributed by atoms with Gasteiger partial charge in [-0.25, -0.2) is 9.59 Å². The summed E-state index contributed by atoms with van der Waals surface area (Å²) in [5.74, 6) is -4.33. The van der Waals surface area contributed by atoms with Crippen LogP contribution in [-0.2, 0) is 14.4 Å². The van der Waals surface area contributed by atoms with Crippen LogP contribution in [0.2, 0.25) is 0 Å². The molecule has 0 rings (SSSR count). The predicted octanol–water partition coefficient (Wildman–Crippen LogP) is -0.0532. The smallest absolute Gasteiger partial charge is 0.332 e. The Morgan fingerprint density at radius 2 is 1.46 bits per heavy atom. The molecule has 72 valence electrons. The van der Waals surface area contributed by atoms with E-state index in [1.807, 2.05) is 0 Å². The second-order valence-electron chi connectivity index (χ2n) is 2.28. The Morgan fingerprint density at radius 3 is 1.69 bits per heavy atom. The molecule has 6 heteroatoms. The van der Waals surface area contributed by atoms with Crippen LogP contribution in [0.5, 0.6) is 0 Å². The van der Waals surface area contributed by atoms with Gasteiger partial charge in [-0.1, -0.05) is 0 Å². The highest BCUT2D eigenvalue weighted by Crippen LogP contribution is 2.09. The first-order chi connectivity index (χ1) is 5.86. The van der Waals surface area contributed by atoms with Gasteiger partial charge in [0.05, 0.1) is 12.0 Å². The van der Waals surface area contributed by atoms with Crippen LogP contribution in [0.25, 0.3) is 0 Å². The Labute approximate surface area is 73.1 Å². The van der Waals surface area contributed by atoms with Crippen molar-refractivity contribution in [2.24, 2.45) is 0 Å². The average Bonchev–Trinajstić information content (AvgIpc) is 1.97. The minimum absolute atomic E-state index is 0.463. The van der Waals surface area contributed by atoms with Crippen LogP contribution in [-0.4, -0.2) is 33.2 Å². The molecule has 0 spiro atoms. The SMILES string of the molecule is C/C(C(=O)O)=C(/CC(=O)O)C(=O)O. The molecular formula is C7H8O6. The number of aliphatic carboxylic acids is 3. The van der Waals surface area contributed by atoms with Crippen LogP contribution >= 0.6 is 0 Å². The van der Waals surface area contributed by atoms with Gasteiger partial charge in [0.15, 0.2) is 0 Å². The molecule has 0 saturated heterocycles. The summed E-state index contributed by atoms with van der Waals surface area (Å²) in [6, 6.07) is 0. The Morgan fingerprint density at radius 1 is 1.00 bits per heavy atom. The molecule has 0 aliphatic rings. The quantitative estimate of drug-likeness (QED) is 0.533. The Balaban J connectivity index is 5.00. The van der Waals surface area contributed by atoms with Gasteiger partial charge in [-0.05, 0) is 6.92 Å². The molecule has 0 saturated carbocycles. The van der Waals surface area contributed by atoms with E-state index in [-0.39, 0.29) is 0 Å². The van der Waals surface area contributed by atoms with Gasteiger partial charge in [0, 0.05) is 5.57 Å². The molecule has 3 N–H and O–H groups in total. The average molecular weight is 188 g/mol. The molecule has 0 heterocycles. The monoisotopic (exact) mass is 188 g/mol. The highest BCUT2D eigenvalue weighted by molar-refractivity contribution is 6.01. The minimum atomic E-state index is -1.53. The summed E-state index contributed by atoms with van der Waals surface area (Å²) in [6.45, 7) is 1.05. The molecule has 0 unspecified atom stereocenters. The van der Waals surface area contributed by atoms with E-state index in [2.05, 4.69) is 0 Å². The summed E-state index contributed by atoms with van der Waals surface area (Å²) in [6.07, 6.45) is -0.798. The van der Waals surface area contributed by atoms with Gasteiger partial charge in [0.2, 0.25) is 0 Å². The minimum Gasteiger partial charge on any atom is -0.481 e. The van der Waals surface area contributed by atoms with Crippen LogP contribution in [0, 0.1) is 0 Å². The highest BCUT2D eigenvalue weighted by Gasteiger charge is 2.18. The van der Waals surface area contributed by atoms with Gasteiger partial charge in [0.25, 0.3) is 0 Å². The first-order valence-electron chi connectivity index (χ1n) is 3.24. The maximum Gasteiger partial charge on any atom is 0.332 e.